The fraction of sp³-hybridized carbons (Fsp3) is 0.0667. The highest BCUT2D eigenvalue weighted by Gasteiger charge is 2.13. The molecule has 0 saturated heterocycles. The summed E-state index contributed by atoms with van der Waals surface area (Å²) >= 11 is 5.87. The van der Waals surface area contributed by atoms with Crippen molar-refractivity contribution in [1.82, 2.24) is 0 Å². The van der Waals surface area contributed by atoms with E-state index in [1.54, 1.807) is 0 Å². The van der Waals surface area contributed by atoms with Crippen molar-refractivity contribution in [3.63, 3.8) is 0 Å². The first-order valence-corrected chi connectivity index (χ1v) is 6.27. The minimum Gasteiger partial charge on any atom is -0.497 e. The number of nitriles is 1. The van der Waals surface area contributed by atoms with Crippen LogP contribution in [-0.2, 0) is 0 Å². The Morgan fingerprint density at radius 3 is 2.67 bits per heavy atom. The first kappa shape index (κ1) is 14.8. The Hall–Kier alpha value is -2.58. The maximum Gasteiger partial charge on any atom is 0.258 e. The summed E-state index contributed by atoms with van der Waals surface area (Å²) in [7, 11) is 1.41. The molecule has 0 heterocycles. The zero-order chi connectivity index (χ0) is 15.4. The number of amides is 1. The van der Waals surface area contributed by atoms with Gasteiger partial charge in [-0.25, -0.2) is 4.39 Å². The minimum absolute atomic E-state index is 0.115. The van der Waals surface area contributed by atoms with E-state index in [0.717, 1.165) is 6.07 Å². The highest BCUT2D eigenvalue weighted by atomic mass is 35.5. The van der Waals surface area contributed by atoms with E-state index in [2.05, 4.69) is 5.32 Å². The molecular weight excluding hydrogens is 295 g/mol. The Morgan fingerprint density at radius 1 is 1.33 bits per heavy atom. The van der Waals surface area contributed by atoms with Gasteiger partial charge in [-0.2, -0.15) is 5.26 Å². The number of rotatable bonds is 3. The Balaban J connectivity index is 2.22. The lowest BCUT2D eigenvalue weighted by Crippen LogP contribution is -2.13. The molecule has 1 N–H and O–H groups in total. The average Bonchev–Trinajstić information content (AvgIpc) is 2.47. The van der Waals surface area contributed by atoms with Gasteiger partial charge in [0.15, 0.2) is 0 Å². The van der Waals surface area contributed by atoms with Crippen LogP contribution in [0.4, 0.5) is 10.1 Å². The predicted molar refractivity (Wildman–Crippen MR) is 77.1 cm³/mol. The predicted octanol–water partition coefficient (Wildman–Crippen LogP) is 3.61. The third-order valence-electron chi connectivity index (χ3n) is 2.77. The molecule has 0 aliphatic carbocycles. The first-order chi connectivity index (χ1) is 10.0. The average molecular weight is 305 g/mol. The number of methoxy groups -OCH3 is 1. The van der Waals surface area contributed by atoms with Crippen LogP contribution in [0, 0.1) is 17.1 Å². The van der Waals surface area contributed by atoms with Crippen LogP contribution >= 0.6 is 11.6 Å². The lowest BCUT2D eigenvalue weighted by Gasteiger charge is -2.08. The maximum absolute atomic E-state index is 13.8. The van der Waals surface area contributed by atoms with Crippen molar-refractivity contribution in [1.29, 1.82) is 5.26 Å². The topological polar surface area (TPSA) is 62.1 Å². The second-order valence-electron chi connectivity index (χ2n) is 4.11. The second kappa shape index (κ2) is 6.25. The number of hydrogen-bond acceptors (Lipinski definition) is 3. The van der Waals surface area contributed by atoms with Crippen molar-refractivity contribution in [3.05, 3.63) is 58.4 Å². The van der Waals surface area contributed by atoms with Gasteiger partial charge in [0.05, 0.1) is 23.3 Å². The van der Waals surface area contributed by atoms with Gasteiger partial charge in [-0.3, -0.25) is 4.79 Å². The van der Waals surface area contributed by atoms with Crippen LogP contribution in [0.2, 0.25) is 5.02 Å². The summed E-state index contributed by atoms with van der Waals surface area (Å²) in [5, 5.41) is 11.5. The number of carbonyl (C=O) groups excluding carboxylic acids is 1. The molecule has 2 rings (SSSR count). The van der Waals surface area contributed by atoms with Gasteiger partial charge in [-0.05, 0) is 30.3 Å². The Labute approximate surface area is 125 Å². The Kier molecular flexibility index (Phi) is 4.41. The molecule has 21 heavy (non-hydrogen) atoms. The molecule has 1 amide bonds. The zero-order valence-electron chi connectivity index (χ0n) is 11.0. The Morgan fingerprint density at radius 2 is 2.10 bits per heavy atom. The molecule has 0 saturated carbocycles. The van der Waals surface area contributed by atoms with Crippen LogP contribution in [0.15, 0.2) is 36.4 Å². The molecule has 0 aliphatic heterocycles. The molecule has 0 atom stereocenters. The molecule has 0 fully saturated rings. The van der Waals surface area contributed by atoms with E-state index in [-0.39, 0.29) is 10.6 Å². The van der Waals surface area contributed by atoms with Gasteiger partial charge in [0, 0.05) is 11.8 Å². The summed E-state index contributed by atoms with van der Waals surface area (Å²) in [5.74, 6) is -0.979. The minimum atomic E-state index is -0.688. The molecule has 0 unspecified atom stereocenters. The molecule has 2 aromatic rings. The van der Waals surface area contributed by atoms with E-state index in [0.29, 0.717) is 17.0 Å². The first-order valence-electron chi connectivity index (χ1n) is 5.89. The van der Waals surface area contributed by atoms with Crippen LogP contribution in [0.3, 0.4) is 0 Å². The number of anilines is 1. The van der Waals surface area contributed by atoms with E-state index in [9.17, 15) is 9.18 Å². The van der Waals surface area contributed by atoms with Crippen molar-refractivity contribution < 1.29 is 13.9 Å². The lowest BCUT2D eigenvalue weighted by atomic mass is 10.1. The smallest absolute Gasteiger partial charge is 0.258 e. The quantitative estimate of drug-likeness (QED) is 0.942. The molecule has 2 aromatic carbocycles. The van der Waals surface area contributed by atoms with Gasteiger partial charge in [0.1, 0.15) is 17.6 Å². The highest BCUT2D eigenvalue weighted by molar-refractivity contribution is 6.32. The summed E-state index contributed by atoms with van der Waals surface area (Å²) < 4.78 is 18.6. The van der Waals surface area contributed by atoms with Gasteiger partial charge in [-0.1, -0.05) is 11.6 Å². The second-order valence-corrected chi connectivity index (χ2v) is 4.51. The van der Waals surface area contributed by atoms with Crippen molar-refractivity contribution in [2.24, 2.45) is 0 Å². The van der Waals surface area contributed by atoms with Crippen molar-refractivity contribution in [2.75, 3.05) is 12.4 Å². The van der Waals surface area contributed by atoms with Crippen LogP contribution in [-0.4, -0.2) is 13.0 Å². The monoisotopic (exact) mass is 304 g/mol. The van der Waals surface area contributed by atoms with Gasteiger partial charge in [0.2, 0.25) is 0 Å². The fourth-order valence-electron chi connectivity index (χ4n) is 1.69. The summed E-state index contributed by atoms with van der Waals surface area (Å²) in [6, 6.07) is 10.3. The van der Waals surface area contributed by atoms with E-state index in [1.165, 1.54) is 37.4 Å². The number of nitrogens with zero attached hydrogens (tertiary/aromatic N) is 1. The summed E-state index contributed by atoms with van der Waals surface area (Å²) in [5.41, 5.74) is 0.556. The molecule has 106 valence electrons. The summed E-state index contributed by atoms with van der Waals surface area (Å²) in [4.78, 5) is 12.0. The van der Waals surface area contributed by atoms with Crippen LogP contribution in [0.5, 0.6) is 5.75 Å². The maximum atomic E-state index is 13.8. The van der Waals surface area contributed by atoms with Crippen LogP contribution in [0.25, 0.3) is 0 Å². The third kappa shape index (κ3) is 3.30. The van der Waals surface area contributed by atoms with E-state index >= 15 is 0 Å². The number of halogens is 2. The third-order valence-corrected chi connectivity index (χ3v) is 3.08. The van der Waals surface area contributed by atoms with Crippen molar-refractivity contribution in [2.45, 2.75) is 0 Å². The number of ether oxygens (including phenoxy) is 1. The number of hydrogen-bond donors (Lipinski definition) is 1. The van der Waals surface area contributed by atoms with Crippen LogP contribution < -0.4 is 10.1 Å². The number of carbonyl (C=O) groups is 1. The van der Waals surface area contributed by atoms with Gasteiger partial charge < -0.3 is 10.1 Å². The number of nitrogens with one attached hydrogen (secondary N) is 1. The molecular formula is C15H10ClFN2O2. The normalized spacial score (nSPS) is 9.81. The Bertz CT molecular complexity index is 741. The van der Waals surface area contributed by atoms with Gasteiger partial charge in [0.25, 0.3) is 5.91 Å². The van der Waals surface area contributed by atoms with E-state index in [4.69, 9.17) is 21.6 Å². The molecule has 6 heteroatoms. The zero-order valence-corrected chi connectivity index (χ0v) is 11.7. The fourth-order valence-corrected chi connectivity index (χ4v) is 1.91. The van der Waals surface area contributed by atoms with Gasteiger partial charge in [-0.15, -0.1) is 0 Å². The van der Waals surface area contributed by atoms with E-state index in [1.807, 2.05) is 6.07 Å². The van der Waals surface area contributed by atoms with Crippen LogP contribution in [0.1, 0.15) is 15.9 Å². The van der Waals surface area contributed by atoms with Gasteiger partial charge >= 0.3 is 0 Å². The summed E-state index contributed by atoms with van der Waals surface area (Å²) in [6.07, 6.45) is 0. The molecule has 4 nitrogen and oxygen atoms in total. The lowest BCUT2D eigenvalue weighted by molar-refractivity contribution is 0.102. The SMILES string of the molecule is COc1ccc(C(=O)Nc2ccc(C#N)c(Cl)c2)c(F)c1. The molecule has 0 radical (unpaired) electrons. The largest absolute Gasteiger partial charge is 0.497 e. The standard InChI is InChI=1S/C15H10ClFN2O2/c1-21-11-4-5-12(14(17)7-11)15(20)19-10-3-2-9(8-18)13(16)6-10/h2-7H,1H3,(H,19,20). The van der Waals surface area contributed by atoms with Crippen molar-refractivity contribution in [3.8, 4) is 11.8 Å². The van der Waals surface area contributed by atoms with E-state index < -0.39 is 11.7 Å². The molecule has 0 aromatic heterocycles. The molecule has 0 aliphatic rings. The molecule has 0 spiro atoms. The number of benzene rings is 2. The highest BCUT2D eigenvalue weighted by Crippen LogP contribution is 2.22. The van der Waals surface area contributed by atoms with Crippen molar-refractivity contribution >= 4 is 23.2 Å². The summed E-state index contributed by atoms with van der Waals surface area (Å²) in [6.45, 7) is 0. The molecule has 0 bridgehead atoms.